The number of benzene rings is 2. The van der Waals surface area contributed by atoms with Crippen molar-refractivity contribution >= 4 is 34.4 Å². The summed E-state index contributed by atoms with van der Waals surface area (Å²) < 4.78 is 5.49. The molecule has 1 aromatic heterocycles. The standard InChI is InChI=1S/C23H19N3O5S/c27-20(26-9-13(10-26)21(28)29)19-12-32-22(24-19)25-23(30)31-11-18-16-7-3-1-5-14(16)15-6-2-4-8-17(15)18/h1-8,12-13,18H,9-11H2,(H,28,29)(H,24,25,30). The van der Waals surface area contributed by atoms with Gasteiger partial charge in [0.25, 0.3) is 5.91 Å². The van der Waals surface area contributed by atoms with E-state index in [1.165, 1.54) is 10.3 Å². The first-order chi connectivity index (χ1) is 15.5. The molecule has 0 unspecified atom stereocenters. The number of ether oxygens (including phenoxy) is 1. The van der Waals surface area contributed by atoms with Crippen molar-refractivity contribution in [3.63, 3.8) is 0 Å². The summed E-state index contributed by atoms with van der Waals surface area (Å²) in [5.74, 6) is -1.84. The van der Waals surface area contributed by atoms with Crippen LogP contribution in [0.2, 0.25) is 0 Å². The number of thiazole rings is 1. The molecule has 1 saturated heterocycles. The lowest BCUT2D eigenvalue weighted by molar-refractivity contribution is -0.146. The Balaban J connectivity index is 1.20. The molecule has 1 aliphatic heterocycles. The maximum absolute atomic E-state index is 12.4. The number of amides is 2. The van der Waals surface area contributed by atoms with Crippen molar-refractivity contribution < 1.29 is 24.2 Å². The summed E-state index contributed by atoms with van der Waals surface area (Å²) in [5, 5.41) is 13.3. The highest BCUT2D eigenvalue weighted by Gasteiger charge is 2.36. The molecule has 162 valence electrons. The number of hydrogen-bond donors (Lipinski definition) is 2. The van der Waals surface area contributed by atoms with Crippen LogP contribution in [0.1, 0.15) is 27.5 Å². The summed E-state index contributed by atoms with van der Waals surface area (Å²) >= 11 is 1.11. The summed E-state index contributed by atoms with van der Waals surface area (Å²) in [5.41, 5.74) is 4.72. The van der Waals surface area contributed by atoms with Gasteiger partial charge in [-0.2, -0.15) is 0 Å². The summed E-state index contributed by atoms with van der Waals surface area (Å²) in [6, 6.07) is 16.2. The van der Waals surface area contributed by atoms with E-state index >= 15 is 0 Å². The summed E-state index contributed by atoms with van der Waals surface area (Å²) in [6.07, 6.45) is -0.643. The number of hydrogen-bond acceptors (Lipinski definition) is 6. The molecule has 2 N–H and O–H groups in total. The minimum atomic E-state index is -0.912. The Morgan fingerprint density at radius 1 is 1.06 bits per heavy atom. The third-order valence-electron chi connectivity index (χ3n) is 5.79. The van der Waals surface area contributed by atoms with Gasteiger partial charge in [-0.15, -0.1) is 11.3 Å². The lowest BCUT2D eigenvalue weighted by atomic mass is 9.98. The maximum Gasteiger partial charge on any atom is 0.413 e. The summed E-state index contributed by atoms with van der Waals surface area (Å²) in [6.45, 7) is 0.517. The Kier molecular flexibility index (Phi) is 5.10. The van der Waals surface area contributed by atoms with E-state index in [0.717, 1.165) is 33.6 Å². The number of anilines is 1. The Hall–Kier alpha value is -3.72. The molecular formula is C23H19N3O5S. The van der Waals surface area contributed by atoms with E-state index in [2.05, 4.69) is 22.4 Å². The molecular weight excluding hydrogens is 430 g/mol. The highest BCUT2D eigenvalue weighted by atomic mass is 32.1. The predicted molar refractivity (Wildman–Crippen MR) is 118 cm³/mol. The van der Waals surface area contributed by atoms with E-state index in [0.29, 0.717) is 0 Å². The number of nitrogens with zero attached hydrogens (tertiary/aromatic N) is 2. The molecule has 0 atom stereocenters. The number of aliphatic carboxylic acids is 1. The van der Waals surface area contributed by atoms with E-state index in [-0.39, 0.29) is 42.3 Å². The highest BCUT2D eigenvalue weighted by Crippen LogP contribution is 2.44. The van der Waals surface area contributed by atoms with Crippen molar-refractivity contribution in [3.8, 4) is 11.1 Å². The Morgan fingerprint density at radius 3 is 2.31 bits per heavy atom. The van der Waals surface area contributed by atoms with Crippen molar-refractivity contribution in [1.29, 1.82) is 0 Å². The lowest BCUT2D eigenvalue weighted by Crippen LogP contribution is -2.53. The fourth-order valence-electron chi connectivity index (χ4n) is 4.11. The zero-order valence-electron chi connectivity index (χ0n) is 16.9. The number of carboxylic acid groups (broad SMARTS) is 1. The highest BCUT2D eigenvalue weighted by molar-refractivity contribution is 7.14. The number of carbonyl (C=O) groups is 3. The summed E-state index contributed by atoms with van der Waals surface area (Å²) in [4.78, 5) is 41.2. The molecule has 9 heteroatoms. The molecule has 1 fully saturated rings. The molecule has 2 amide bonds. The molecule has 0 radical (unpaired) electrons. The van der Waals surface area contributed by atoms with Crippen LogP contribution in [0.3, 0.4) is 0 Å². The van der Waals surface area contributed by atoms with Crippen LogP contribution < -0.4 is 5.32 Å². The maximum atomic E-state index is 12.4. The first-order valence-corrected chi connectivity index (χ1v) is 11.0. The van der Waals surface area contributed by atoms with Gasteiger partial charge in [0.15, 0.2) is 5.13 Å². The minimum Gasteiger partial charge on any atom is -0.481 e. The third kappa shape index (κ3) is 3.60. The van der Waals surface area contributed by atoms with Gasteiger partial charge in [-0.05, 0) is 22.3 Å². The van der Waals surface area contributed by atoms with Crippen molar-refractivity contribution in [2.24, 2.45) is 5.92 Å². The molecule has 2 heterocycles. The first-order valence-electron chi connectivity index (χ1n) is 10.1. The molecule has 32 heavy (non-hydrogen) atoms. The molecule has 1 aliphatic carbocycles. The zero-order chi connectivity index (χ0) is 22.2. The van der Waals surface area contributed by atoms with Gasteiger partial charge in [0.05, 0.1) is 5.92 Å². The summed E-state index contributed by atoms with van der Waals surface area (Å²) in [7, 11) is 0. The molecule has 5 rings (SSSR count). The minimum absolute atomic E-state index is 0.0461. The van der Waals surface area contributed by atoms with Crippen LogP contribution >= 0.6 is 11.3 Å². The smallest absolute Gasteiger partial charge is 0.413 e. The van der Waals surface area contributed by atoms with Crippen LogP contribution in [-0.4, -0.2) is 52.7 Å². The van der Waals surface area contributed by atoms with Gasteiger partial charge in [0, 0.05) is 24.4 Å². The van der Waals surface area contributed by atoms with Crippen molar-refractivity contribution in [2.75, 3.05) is 25.0 Å². The van der Waals surface area contributed by atoms with Gasteiger partial charge in [-0.1, -0.05) is 48.5 Å². The number of rotatable bonds is 5. The van der Waals surface area contributed by atoms with Gasteiger partial charge in [0.2, 0.25) is 0 Å². The molecule has 3 aromatic rings. The topological polar surface area (TPSA) is 109 Å². The van der Waals surface area contributed by atoms with Crippen LogP contribution in [0.25, 0.3) is 11.1 Å². The SMILES string of the molecule is O=C(Nc1nc(C(=O)N2CC(C(=O)O)C2)cs1)OCC1c2ccccc2-c2ccccc21. The van der Waals surface area contributed by atoms with Crippen LogP contribution in [0, 0.1) is 5.92 Å². The molecule has 0 saturated carbocycles. The Labute approximate surface area is 187 Å². The van der Waals surface area contributed by atoms with Crippen LogP contribution in [0.4, 0.5) is 9.93 Å². The second-order valence-corrected chi connectivity index (χ2v) is 8.59. The number of carbonyl (C=O) groups excluding carboxylic acids is 2. The largest absolute Gasteiger partial charge is 0.481 e. The van der Waals surface area contributed by atoms with E-state index in [4.69, 9.17) is 9.84 Å². The lowest BCUT2D eigenvalue weighted by Gasteiger charge is -2.36. The monoisotopic (exact) mass is 449 g/mol. The number of aromatic nitrogens is 1. The zero-order valence-corrected chi connectivity index (χ0v) is 17.7. The van der Waals surface area contributed by atoms with E-state index in [9.17, 15) is 14.4 Å². The average molecular weight is 449 g/mol. The average Bonchev–Trinajstić information content (AvgIpc) is 3.33. The quantitative estimate of drug-likeness (QED) is 0.615. The van der Waals surface area contributed by atoms with E-state index in [1.807, 2.05) is 36.4 Å². The van der Waals surface area contributed by atoms with Gasteiger partial charge in [-0.25, -0.2) is 9.78 Å². The number of fused-ring (bicyclic) bond motifs is 3. The first kappa shape index (κ1) is 20.2. The fraction of sp³-hybridized carbons (Fsp3) is 0.217. The Morgan fingerprint density at radius 2 is 1.69 bits per heavy atom. The van der Waals surface area contributed by atoms with Crippen molar-refractivity contribution in [3.05, 3.63) is 70.7 Å². The van der Waals surface area contributed by atoms with Crippen molar-refractivity contribution in [1.82, 2.24) is 9.88 Å². The Bertz CT molecular complexity index is 1170. The third-order valence-corrected chi connectivity index (χ3v) is 6.55. The second-order valence-electron chi connectivity index (χ2n) is 7.73. The van der Waals surface area contributed by atoms with Gasteiger partial charge in [-0.3, -0.25) is 14.9 Å². The van der Waals surface area contributed by atoms with Crippen molar-refractivity contribution in [2.45, 2.75) is 5.92 Å². The van der Waals surface area contributed by atoms with Gasteiger partial charge in [0.1, 0.15) is 12.3 Å². The van der Waals surface area contributed by atoms with E-state index in [1.54, 1.807) is 0 Å². The molecule has 8 nitrogen and oxygen atoms in total. The number of carboxylic acids is 1. The predicted octanol–water partition coefficient (Wildman–Crippen LogP) is 3.66. The molecule has 0 bridgehead atoms. The van der Waals surface area contributed by atoms with Gasteiger partial charge >= 0.3 is 12.1 Å². The van der Waals surface area contributed by atoms with Crippen LogP contribution in [0.15, 0.2) is 53.9 Å². The molecule has 2 aromatic carbocycles. The number of likely N-dealkylation sites (tertiary alicyclic amines) is 1. The molecule has 2 aliphatic rings. The van der Waals surface area contributed by atoms with Crippen LogP contribution in [-0.2, 0) is 9.53 Å². The van der Waals surface area contributed by atoms with Gasteiger partial charge < -0.3 is 14.7 Å². The molecule has 0 spiro atoms. The van der Waals surface area contributed by atoms with E-state index < -0.39 is 18.0 Å². The van der Waals surface area contributed by atoms with Crippen LogP contribution in [0.5, 0.6) is 0 Å². The second kappa shape index (κ2) is 8.08. The number of nitrogens with one attached hydrogen (secondary N) is 1. The fourth-order valence-corrected chi connectivity index (χ4v) is 4.78. The normalized spacial score (nSPS) is 14.9.